The molecule has 0 aromatic rings. The van der Waals surface area contributed by atoms with Crippen LogP contribution >= 0.6 is 45.2 Å². The second kappa shape index (κ2) is 11.6. The van der Waals surface area contributed by atoms with Gasteiger partial charge in [0, 0.05) is 10.5 Å². The zero-order valence-corrected chi connectivity index (χ0v) is 14.4. The van der Waals surface area contributed by atoms with Crippen LogP contribution in [0.25, 0.3) is 0 Å². The molecule has 0 aliphatic rings. The largest absolute Gasteiger partial charge is 0.466 e. The van der Waals surface area contributed by atoms with Gasteiger partial charge in [-0.2, -0.15) is 0 Å². The number of rotatable bonds is 9. The minimum atomic E-state index is -0.671. The van der Waals surface area contributed by atoms with Gasteiger partial charge >= 0.3 is 15.9 Å². The highest BCUT2D eigenvalue weighted by atomic mass is 127. The minimum Gasteiger partial charge on any atom is -0.466 e. The number of alkyl halides is 1. The lowest BCUT2D eigenvalue weighted by molar-refractivity contribution is -0.152. The predicted molar refractivity (Wildman–Crippen MR) is 83.1 cm³/mol. The summed E-state index contributed by atoms with van der Waals surface area (Å²) in [6.45, 7) is -0.0992. The monoisotopic (exact) mass is 499 g/mol. The van der Waals surface area contributed by atoms with Crippen molar-refractivity contribution in [2.45, 2.75) is 25.3 Å². The molecule has 0 saturated heterocycles. The van der Waals surface area contributed by atoms with Gasteiger partial charge in [0.25, 0.3) is 0 Å². The van der Waals surface area contributed by atoms with Crippen molar-refractivity contribution in [3.05, 3.63) is 0 Å². The fourth-order valence-corrected chi connectivity index (χ4v) is 1.44. The Hall–Kier alpha value is -0.170. The summed E-state index contributed by atoms with van der Waals surface area (Å²) in [7, 11) is 0. The van der Waals surface area contributed by atoms with E-state index >= 15 is 0 Å². The normalized spacial score (nSPS) is 11.5. The molecule has 19 heavy (non-hydrogen) atoms. The van der Waals surface area contributed by atoms with E-state index in [4.69, 9.17) is 10.5 Å². The third-order valence-corrected chi connectivity index (χ3v) is 2.87. The number of nitrogens with two attached hydrogens (primary N) is 1. The molecule has 0 aliphatic heterocycles. The number of esters is 2. The van der Waals surface area contributed by atoms with Crippen LogP contribution in [-0.2, 0) is 23.8 Å². The van der Waals surface area contributed by atoms with E-state index in [2.05, 4.69) is 32.1 Å². The van der Waals surface area contributed by atoms with Crippen molar-refractivity contribution in [2.75, 3.05) is 17.8 Å². The van der Waals surface area contributed by atoms with Crippen molar-refractivity contribution in [1.82, 2.24) is 0 Å². The summed E-state index contributed by atoms with van der Waals surface area (Å²) in [5.74, 6) is -1.07. The number of hydrogen-bond acceptors (Lipinski definition) is 7. The second-order valence-corrected chi connectivity index (χ2v) is 5.41. The molecule has 110 valence electrons. The molecule has 0 amide bonds. The fraction of sp³-hybridized carbons (Fsp3) is 0.700. The lowest BCUT2D eigenvalue weighted by Crippen LogP contribution is -2.29. The maximum Gasteiger partial charge on any atom is 0.369 e. The molecule has 0 aliphatic carbocycles. The lowest BCUT2D eigenvalue weighted by atomic mass is 10.1. The first-order chi connectivity index (χ1) is 8.95. The number of ether oxygens (including phenoxy) is 3. The van der Waals surface area contributed by atoms with Crippen LogP contribution in [-0.4, -0.2) is 39.8 Å². The molecular formula is C10H15I2NO6. The van der Waals surface area contributed by atoms with Crippen molar-refractivity contribution < 1.29 is 28.6 Å². The van der Waals surface area contributed by atoms with Gasteiger partial charge < -0.3 is 19.9 Å². The van der Waals surface area contributed by atoms with Gasteiger partial charge in [-0.25, -0.2) is 4.79 Å². The average molecular weight is 499 g/mol. The van der Waals surface area contributed by atoms with Crippen LogP contribution in [0.5, 0.6) is 0 Å². The maximum atomic E-state index is 11.3. The third kappa shape index (κ3) is 12.6. The van der Waals surface area contributed by atoms with Crippen LogP contribution in [0, 0.1) is 0 Å². The number of carbonyl (C=O) groups excluding carboxylic acids is 3. The molecule has 7 nitrogen and oxygen atoms in total. The summed E-state index contributed by atoms with van der Waals surface area (Å²) >= 11 is 3.59. The Morgan fingerprint density at radius 3 is 2.16 bits per heavy atom. The highest BCUT2D eigenvalue weighted by Gasteiger charge is 2.15. The van der Waals surface area contributed by atoms with Crippen molar-refractivity contribution in [3.8, 4) is 0 Å². The van der Waals surface area contributed by atoms with Gasteiger partial charge in [-0.1, -0.05) is 22.6 Å². The fourth-order valence-electron chi connectivity index (χ4n) is 1.00. The highest BCUT2D eigenvalue weighted by molar-refractivity contribution is 14.1. The summed E-state index contributed by atoms with van der Waals surface area (Å²) < 4.78 is 14.2. The first-order valence-electron chi connectivity index (χ1n) is 5.40. The molecule has 0 radical (unpaired) electrons. The van der Waals surface area contributed by atoms with Gasteiger partial charge in [0.05, 0.1) is 42.0 Å². The van der Waals surface area contributed by atoms with E-state index in [1.54, 1.807) is 0 Å². The highest BCUT2D eigenvalue weighted by Crippen LogP contribution is 2.01. The topological polar surface area (TPSA) is 105 Å². The molecule has 0 spiro atoms. The van der Waals surface area contributed by atoms with Crippen molar-refractivity contribution >= 4 is 61.1 Å². The maximum absolute atomic E-state index is 11.3. The lowest BCUT2D eigenvalue weighted by Gasteiger charge is -2.10. The molecule has 0 fully saturated rings. The molecule has 0 aromatic heterocycles. The van der Waals surface area contributed by atoms with Crippen LogP contribution in [0.1, 0.15) is 19.3 Å². The molecular weight excluding hydrogens is 484 g/mol. The van der Waals surface area contributed by atoms with Crippen molar-refractivity contribution in [3.63, 3.8) is 0 Å². The molecule has 0 aromatic carbocycles. The van der Waals surface area contributed by atoms with Gasteiger partial charge in [-0.15, -0.1) is 0 Å². The van der Waals surface area contributed by atoms with Crippen LogP contribution in [0.2, 0.25) is 0 Å². The van der Waals surface area contributed by atoms with Gasteiger partial charge in [-0.05, 0) is 6.42 Å². The predicted octanol–water partition coefficient (Wildman–Crippen LogP) is 1.53. The second-order valence-electron chi connectivity index (χ2n) is 3.45. The molecule has 0 saturated carbocycles. The average Bonchev–Trinajstić information content (AvgIpc) is 2.28. The molecule has 2 N–H and O–H groups in total. The zero-order valence-electron chi connectivity index (χ0n) is 10.1. The van der Waals surface area contributed by atoms with E-state index in [0.717, 1.165) is 10.8 Å². The molecule has 1 atom stereocenters. The van der Waals surface area contributed by atoms with Crippen LogP contribution in [0.15, 0.2) is 0 Å². The standard InChI is InChI=1S/C10H15I2NO6/c11-2-1-3-17-8(14)4-7(13)5-9(15)18-6-19-10(12)16/h7H,1-6,13H2/t7-/m0/s1. The van der Waals surface area contributed by atoms with E-state index in [-0.39, 0.29) is 12.8 Å². The quantitative estimate of drug-likeness (QED) is 0.128. The summed E-state index contributed by atoms with van der Waals surface area (Å²) in [6, 6.07) is -0.671. The van der Waals surface area contributed by atoms with E-state index in [0.29, 0.717) is 6.61 Å². The van der Waals surface area contributed by atoms with Gasteiger partial charge in [0.1, 0.15) is 0 Å². The SMILES string of the molecule is N[C@@H](CC(=O)OCCCI)CC(=O)OCOC(=O)I. The van der Waals surface area contributed by atoms with E-state index in [1.807, 2.05) is 0 Å². The van der Waals surface area contributed by atoms with Gasteiger partial charge in [0.15, 0.2) is 0 Å². The molecule has 9 heteroatoms. The molecule has 0 rings (SSSR count). The van der Waals surface area contributed by atoms with Crippen LogP contribution in [0.4, 0.5) is 4.79 Å². The van der Waals surface area contributed by atoms with E-state index < -0.39 is 28.7 Å². The Labute approximate surface area is 138 Å². The first-order valence-corrected chi connectivity index (χ1v) is 8.01. The smallest absolute Gasteiger partial charge is 0.369 e. The van der Waals surface area contributed by atoms with Crippen molar-refractivity contribution in [1.29, 1.82) is 0 Å². The van der Waals surface area contributed by atoms with E-state index in [9.17, 15) is 14.4 Å². The molecule has 0 bridgehead atoms. The van der Waals surface area contributed by atoms with Crippen LogP contribution < -0.4 is 5.73 Å². The summed E-state index contributed by atoms with van der Waals surface area (Å²) in [5.41, 5.74) is 5.60. The Kier molecular flexibility index (Phi) is 11.5. The molecule has 0 heterocycles. The summed E-state index contributed by atoms with van der Waals surface area (Å²) in [5, 5.41) is 0. The summed E-state index contributed by atoms with van der Waals surface area (Å²) in [4.78, 5) is 32.9. The Morgan fingerprint density at radius 1 is 1.05 bits per heavy atom. The Morgan fingerprint density at radius 2 is 1.63 bits per heavy atom. The third-order valence-electron chi connectivity index (χ3n) is 1.79. The minimum absolute atomic E-state index is 0.0532. The Bertz CT molecular complexity index is 312. The number of hydrogen-bond donors (Lipinski definition) is 1. The van der Waals surface area contributed by atoms with E-state index in [1.165, 1.54) is 22.6 Å². The first kappa shape index (κ1) is 18.8. The number of carbonyl (C=O) groups is 3. The molecule has 0 unspecified atom stereocenters. The zero-order chi connectivity index (χ0) is 14.7. The van der Waals surface area contributed by atoms with Crippen molar-refractivity contribution in [2.24, 2.45) is 5.73 Å². The van der Waals surface area contributed by atoms with Crippen LogP contribution in [0.3, 0.4) is 0 Å². The van der Waals surface area contributed by atoms with Gasteiger partial charge in [-0.3, -0.25) is 9.59 Å². The summed E-state index contributed by atoms with van der Waals surface area (Å²) in [6.07, 6.45) is 0.591. The van der Waals surface area contributed by atoms with Gasteiger partial charge in [0.2, 0.25) is 6.79 Å². The number of halogens is 2. The Balaban J connectivity index is 3.71.